The zero-order valence-corrected chi connectivity index (χ0v) is 47.7. The minimum atomic E-state index is -0.162. The summed E-state index contributed by atoms with van der Waals surface area (Å²) >= 11 is 0. The summed E-state index contributed by atoms with van der Waals surface area (Å²) in [5.41, 5.74) is 5.25. The van der Waals surface area contributed by atoms with Gasteiger partial charge in [0.2, 0.25) is 0 Å². The van der Waals surface area contributed by atoms with Gasteiger partial charge in [-0.1, -0.05) is 106 Å². The number of nitrogens with zero attached hydrogens (tertiary/aromatic N) is 4. The van der Waals surface area contributed by atoms with E-state index in [1.807, 2.05) is 24.3 Å². The molecule has 0 saturated carbocycles. The molecule has 5 aliphatic rings. The second kappa shape index (κ2) is 33.9. The van der Waals surface area contributed by atoms with Crippen LogP contribution in [0.3, 0.4) is 0 Å². The largest absolute Gasteiger partial charge is 0.314 e. The van der Waals surface area contributed by atoms with E-state index >= 15 is 0 Å². The van der Waals surface area contributed by atoms with Gasteiger partial charge in [0.1, 0.15) is 11.6 Å². The van der Waals surface area contributed by atoms with Crippen molar-refractivity contribution < 1.29 is 8.78 Å². The molecule has 72 heavy (non-hydrogen) atoms. The van der Waals surface area contributed by atoms with Crippen molar-refractivity contribution in [1.29, 1.82) is 0 Å². The van der Waals surface area contributed by atoms with Crippen LogP contribution in [-0.4, -0.2) is 108 Å². The summed E-state index contributed by atoms with van der Waals surface area (Å²) in [5, 5.41) is 10.4. The Morgan fingerprint density at radius 1 is 0.347 bits per heavy atom. The van der Waals surface area contributed by atoms with Crippen LogP contribution in [-0.2, 0) is 26.2 Å². The summed E-state index contributed by atoms with van der Waals surface area (Å²) in [4.78, 5) is 10.1. The number of hydrogen-bond donors (Lipinski definition) is 3. The zero-order valence-electron chi connectivity index (χ0n) is 46.0. The van der Waals surface area contributed by atoms with E-state index < -0.39 is 0 Å². The number of halogens is 4. The summed E-state index contributed by atoms with van der Waals surface area (Å²) in [7, 11) is 0. The average Bonchev–Trinajstić information content (AvgIpc) is 3.35. The molecule has 7 nitrogen and oxygen atoms in total. The van der Waals surface area contributed by atoms with Crippen molar-refractivity contribution in [3.05, 3.63) is 143 Å². The van der Waals surface area contributed by atoms with E-state index in [-0.39, 0.29) is 36.4 Å². The van der Waals surface area contributed by atoms with Crippen LogP contribution in [0.25, 0.3) is 0 Å². The average molecular weight is 1040 g/mol. The molecule has 4 aromatic carbocycles. The molecule has 10 atom stereocenters. The normalized spacial score (nSPS) is 28.0. The predicted octanol–water partition coefficient (Wildman–Crippen LogP) is 12.9. The second-order valence-corrected chi connectivity index (χ2v) is 22.3. The molecule has 0 bridgehead atoms. The molecule has 5 fully saturated rings. The molecule has 9 rings (SSSR count). The van der Waals surface area contributed by atoms with Crippen LogP contribution < -0.4 is 16.0 Å². The number of piperazine rings is 2. The maximum atomic E-state index is 12.8. The predicted molar refractivity (Wildman–Crippen MR) is 307 cm³/mol. The molecule has 0 aromatic heterocycles. The van der Waals surface area contributed by atoms with Crippen molar-refractivity contribution in [3.8, 4) is 0 Å². The molecular weight excluding hydrogens is 940 g/mol. The van der Waals surface area contributed by atoms with Crippen LogP contribution >= 0.6 is 24.8 Å². The Hall–Kier alpha value is -2.96. The van der Waals surface area contributed by atoms with Crippen LogP contribution in [0.15, 0.2) is 109 Å². The van der Waals surface area contributed by atoms with Crippen LogP contribution in [0.4, 0.5) is 8.78 Å². The zero-order chi connectivity index (χ0) is 50.4. The summed E-state index contributed by atoms with van der Waals surface area (Å²) in [6.45, 7) is 34.9. The Balaban J connectivity index is 0.000000239. The molecule has 0 amide bonds. The lowest BCUT2D eigenvalue weighted by Gasteiger charge is -2.37. The van der Waals surface area contributed by atoms with Crippen LogP contribution in [0.5, 0.6) is 0 Å². The summed E-state index contributed by atoms with van der Waals surface area (Å²) < 4.78 is 25.6. The fraction of sp³-hybridized carbons (Fsp3) is 0.607. The van der Waals surface area contributed by atoms with Gasteiger partial charge in [0.15, 0.2) is 0 Å². The van der Waals surface area contributed by atoms with E-state index in [0.717, 1.165) is 82.2 Å². The Labute approximate surface area is 449 Å². The minimum Gasteiger partial charge on any atom is -0.314 e. The molecule has 5 aliphatic heterocycles. The van der Waals surface area contributed by atoms with Crippen LogP contribution in [0.2, 0.25) is 0 Å². The molecule has 404 valence electrons. The molecule has 11 heteroatoms. The van der Waals surface area contributed by atoms with Crippen molar-refractivity contribution in [2.24, 2.45) is 17.8 Å². The monoisotopic (exact) mass is 1040 g/mol. The maximum Gasteiger partial charge on any atom is 0.123 e. The Morgan fingerprint density at radius 2 is 0.667 bits per heavy atom. The Morgan fingerprint density at radius 3 is 1.00 bits per heavy atom. The quantitative estimate of drug-likeness (QED) is 0.163. The van der Waals surface area contributed by atoms with Crippen molar-refractivity contribution in [1.82, 2.24) is 35.6 Å². The first-order valence-corrected chi connectivity index (χ1v) is 27.3. The number of rotatable bonds is 8. The summed E-state index contributed by atoms with van der Waals surface area (Å²) in [6, 6.07) is 39.7. The highest BCUT2D eigenvalue weighted by molar-refractivity contribution is 5.85. The summed E-state index contributed by atoms with van der Waals surface area (Å²) in [6.07, 6.45) is 8.14. The van der Waals surface area contributed by atoms with E-state index in [4.69, 9.17) is 0 Å². The first-order chi connectivity index (χ1) is 33.6. The fourth-order valence-electron chi connectivity index (χ4n) is 10.3. The number of likely N-dealkylation sites (tertiary alicyclic amines) is 2. The third-order valence-corrected chi connectivity index (χ3v) is 15.2. The molecule has 5 heterocycles. The molecule has 0 aliphatic carbocycles. The van der Waals surface area contributed by atoms with E-state index in [1.165, 1.54) is 92.5 Å². The van der Waals surface area contributed by atoms with Gasteiger partial charge in [-0.05, 0) is 158 Å². The van der Waals surface area contributed by atoms with Crippen molar-refractivity contribution in [2.75, 3.05) is 45.8 Å². The molecular formula is C61H97Cl2F2N7. The van der Waals surface area contributed by atoms with Gasteiger partial charge in [0, 0.05) is 108 Å². The standard InChI is InChI=1S/C14H20FN.C14H21N.C13H19FN2.C13H20N2.C7H15N.2ClH/c1-11-3-4-12(2)16(9-11)10-13-5-7-14(15)8-6-13;1-12-8-9-13(2)15(10-12)11-14-6-4-3-5-7-14;1-10-8-16(11(2)7-15-10)9-12-3-5-13(14)6-4-12;1-11-9-15(12(2)8-14-11)10-13-6-4-3-5-7-13;1-6-3-4-7(2)8-5-6;;/h5-8,11-12H,3-4,9-10H2,1-2H3;3-7,12-13H,8-11H2,1-2H3;3-6,10-11,15H,7-9H2,1-2H3;3-7,11-12,14H,8-10H2,1-2H3;6-8H,3-5H2,1-2H3;2*1H/t11-,12-;12-,13-;10-,11+;11-,12+;6-,7-;;/m00110../s1. The number of piperidine rings is 3. The van der Waals surface area contributed by atoms with E-state index in [0.29, 0.717) is 30.2 Å². The third-order valence-electron chi connectivity index (χ3n) is 15.2. The molecule has 3 N–H and O–H groups in total. The lowest BCUT2D eigenvalue weighted by Crippen LogP contribution is -2.53. The SMILES string of the molecule is C[C@@H]1CN(Cc2ccc(F)cc2)[C@@H](C)CN1.C[C@@H]1CN(Cc2ccccc2)[C@@H](C)CN1.C[C@H]1CC[C@H](C)N(Cc2ccc(F)cc2)C1.C[C@H]1CC[C@H](C)N(Cc2ccccc2)C1.C[C@H]1CC[C@H](C)NC1.Cl.Cl. The molecule has 0 unspecified atom stereocenters. The van der Waals surface area contributed by atoms with E-state index in [9.17, 15) is 8.78 Å². The Bertz CT molecular complexity index is 1830. The van der Waals surface area contributed by atoms with Crippen molar-refractivity contribution >= 4 is 24.8 Å². The van der Waals surface area contributed by atoms with Gasteiger partial charge < -0.3 is 16.0 Å². The second-order valence-electron chi connectivity index (χ2n) is 22.3. The lowest BCUT2D eigenvalue weighted by molar-refractivity contribution is 0.117. The third kappa shape index (κ3) is 23.7. The molecule has 0 radical (unpaired) electrons. The summed E-state index contributed by atoms with van der Waals surface area (Å²) in [5.74, 6) is 2.25. The van der Waals surface area contributed by atoms with Crippen LogP contribution in [0, 0.1) is 29.4 Å². The van der Waals surface area contributed by atoms with Gasteiger partial charge in [-0.25, -0.2) is 8.78 Å². The number of nitrogens with one attached hydrogen (secondary N) is 3. The smallest absolute Gasteiger partial charge is 0.123 e. The number of hydrogen-bond acceptors (Lipinski definition) is 7. The minimum absolute atomic E-state index is 0. The van der Waals surface area contributed by atoms with Crippen molar-refractivity contribution in [3.63, 3.8) is 0 Å². The van der Waals surface area contributed by atoms with Crippen molar-refractivity contribution in [2.45, 2.75) is 176 Å². The van der Waals surface area contributed by atoms with Gasteiger partial charge >= 0.3 is 0 Å². The lowest BCUT2D eigenvalue weighted by atomic mass is 9.94. The van der Waals surface area contributed by atoms with E-state index in [1.54, 1.807) is 12.1 Å². The fourth-order valence-corrected chi connectivity index (χ4v) is 10.3. The topological polar surface area (TPSA) is 49.1 Å². The molecule has 4 aromatic rings. The highest BCUT2D eigenvalue weighted by Gasteiger charge is 2.25. The first-order valence-electron chi connectivity index (χ1n) is 27.3. The van der Waals surface area contributed by atoms with Crippen LogP contribution in [0.1, 0.15) is 130 Å². The van der Waals surface area contributed by atoms with Gasteiger partial charge in [0.05, 0.1) is 0 Å². The molecule has 0 spiro atoms. The van der Waals surface area contributed by atoms with Gasteiger partial charge in [-0.3, -0.25) is 19.6 Å². The van der Waals surface area contributed by atoms with Gasteiger partial charge in [-0.15, -0.1) is 24.8 Å². The number of benzene rings is 4. The van der Waals surface area contributed by atoms with E-state index in [2.05, 4.69) is 165 Å². The molecule has 5 saturated heterocycles. The highest BCUT2D eigenvalue weighted by Crippen LogP contribution is 2.25. The Kier molecular flexibility index (Phi) is 29.8. The first kappa shape index (κ1) is 63.3. The maximum absolute atomic E-state index is 12.8. The van der Waals surface area contributed by atoms with Gasteiger partial charge in [0.25, 0.3) is 0 Å². The highest BCUT2D eigenvalue weighted by atomic mass is 35.5. The van der Waals surface area contributed by atoms with Gasteiger partial charge in [-0.2, -0.15) is 0 Å².